The number of aldehydes is 1. The van der Waals surface area contributed by atoms with Gasteiger partial charge in [0.05, 0.1) is 13.0 Å². The normalized spacial score (nSPS) is 17.1. The third kappa shape index (κ3) is 9.96. The van der Waals surface area contributed by atoms with E-state index in [1.807, 2.05) is 4.90 Å². The summed E-state index contributed by atoms with van der Waals surface area (Å²) in [6.07, 6.45) is 0.0436. The van der Waals surface area contributed by atoms with Crippen molar-refractivity contribution in [3.05, 3.63) is 0 Å². The van der Waals surface area contributed by atoms with Crippen LogP contribution < -0.4 is 16.4 Å². The van der Waals surface area contributed by atoms with Gasteiger partial charge in [0.1, 0.15) is 18.4 Å². The summed E-state index contributed by atoms with van der Waals surface area (Å²) in [5.41, 5.74) is 5.29. The van der Waals surface area contributed by atoms with Gasteiger partial charge in [0.2, 0.25) is 11.8 Å². The number of carbonyl (C=O) groups is 5. The van der Waals surface area contributed by atoms with Crippen LogP contribution in [0.1, 0.15) is 19.3 Å². The number of nitrogens with two attached hydrogens (primary N) is 1. The molecule has 0 aliphatic carbocycles. The van der Waals surface area contributed by atoms with E-state index in [4.69, 9.17) is 10.8 Å². The van der Waals surface area contributed by atoms with Gasteiger partial charge in [0, 0.05) is 45.7 Å². The van der Waals surface area contributed by atoms with Crippen LogP contribution in [0.4, 0.5) is 0 Å². The van der Waals surface area contributed by atoms with E-state index in [2.05, 4.69) is 15.5 Å². The van der Waals surface area contributed by atoms with Crippen molar-refractivity contribution in [1.82, 2.24) is 20.4 Å². The monoisotopic (exact) mass is 415 g/mol. The van der Waals surface area contributed by atoms with Gasteiger partial charge in [0.15, 0.2) is 0 Å². The molecule has 12 nitrogen and oxygen atoms in total. The highest BCUT2D eigenvalue weighted by atomic mass is 16.4. The number of hydrogen-bond acceptors (Lipinski definition) is 8. The Morgan fingerprint density at radius 1 is 1.00 bits per heavy atom. The van der Waals surface area contributed by atoms with Gasteiger partial charge in [-0.25, -0.2) is 4.79 Å². The minimum Gasteiger partial charge on any atom is -0.480 e. The molecule has 0 aromatic heterocycles. The van der Waals surface area contributed by atoms with Crippen LogP contribution in [0.15, 0.2) is 0 Å². The van der Waals surface area contributed by atoms with Crippen molar-refractivity contribution in [2.24, 2.45) is 5.73 Å². The third-order valence-electron chi connectivity index (χ3n) is 4.57. The molecule has 6 N–H and O–H groups in total. The number of nitrogens with zero attached hydrogens (tertiary/aromatic N) is 2. The minimum absolute atomic E-state index is 0.139. The largest absolute Gasteiger partial charge is 0.480 e. The number of rotatable bonds is 13. The van der Waals surface area contributed by atoms with Crippen molar-refractivity contribution in [2.75, 3.05) is 45.8 Å². The Balaban J connectivity index is 2.30. The maximum atomic E-state index is 12.0. The molecule has 0 saturated carbocycles. The summed E-state index contributed by atoms with van der Waals surface area (Å²) in [7, 11) is 0. The van der Waals surface area contributed by atoms with Crippen LogP contribution in [-0.2, 0) is 24.0 Å². The number of carboxylic acid groups (broad SMARTS) is 2. The Kier molecular flexibility index (Phi) is 10.8. The van der Waals surface area contributed by atoms with Crippen LogP contribution in [0.3, 0.4) is 0 Å². The first-order valence-corrected chi connectivity index (χ1v) is 9.38. The summed E-state index contributed by atoms with van der Waals surface area (Å²) < 4.78 is 0. The zero-order valence-electron chi connectivity index (χ0n) is 16.2. The molecule has 1 fully saturated rings. The highest BCUT2D eigenvalue weighted by molar-refractivity contribution is 5.88. The Morgan fingerprint density at radius 3 is 2.17 bits per heavy atom. The van der Waals surface area contributed by atoms with Gasteiger partial charge in [-0.15, -0.1) is 0 Å². The summed E-state index contributed by atoms with van der Waals surface area (Å²) in [5, 5.41) is 22.7. The van der Waals surface area contributed by atoms with Crippen LogP contribution >= 0.6 is 0 Å². The van der Waals surface area contributed by atoms with Crippen molar-refractivity contribution < 1.29 is 34.2 Å². The number of carboxylic acids is 2. The van der Waals surface area contributed by atoms with Crippen molar-refractivity contribution in [2.45, 2.75) is 31.3 Å². The molecule has 1 saturated heterocycles. The van der Waals surface area contributed by atoms with Crippen LogP contribution in [0.5, 0.6) is 0 Å². The van der Waals surface area contributed by atoms with Crippen molar-refractivity contribution in [3.63, 3.8) is 0 Å². The Hall–Kier alpha value is -2.57. The molecule has 1 heterocycles. The predicted molar refractivity (Wildman–Crippen MR) is 101 cm³/mol. The van der Waals surface area contributed by atoms with Crippen molar-refractivity contribution in [1.29, 1.82) is 0 Å². The summed E-state index contributed by atoms with van der Waals surface area (Å²) >= 11 is 0. The second-order valence-electron chi connectivity index (χ2n) is 6.80. The molecule has 0 radical (unpaired) electrons. The molecule has 1 aliphatic heterocycles. The summed E-state index contributed by atoms with van der Waals surface area (Å²) in [6, 6.07) is -2.62. The van der Waals surface area contributed by atoms with Gasteiger partial charge in [-0.3, -0.25) is 24.2 Å². The lowest BCUT2D eigenvalue weighted by Crippen LogP contribution is -2.49. The lowest BCUT2D eigenvalue weighted by atomic mass is 10.1. The lowest BCUT2D eigenvalue weighted by Gasteiger charge is -2.33. The van der Waals surface area contributed by atoms with Crippen LogP contribution in [0, 0.1) is 0 Å². The molecule has 2 amide bonds. The predicted octanol–water partition coefficient (Wildman–Crippen LogP) is -2.93. The summed E-state index contributed by atoms with van der Waals surface area (Å²) in [5.74, 6) is -3.81. The number of hydrogen-bond donors (Lipinski definition) is 5. The summed E-state index contributed by atoms with van der Waals surface area (Å²) in [4.78, 5) is 60.3. The fourth-order valence-electron chi connectivity index (χ4n) is 2.79. The second-order valence-corrected chi connectivity index (χ2v) is 6.80. The van der Waals surface area contributed by atoms with Gasteiger partial charge in [-0.05, 0) is 6.42 Å². The maximum Gasteiger partial charge on any atom is 0.326 e. The van der Waals surface area contributed by atoms with Gasteiger partial charge in [-0.2, -0.15) is 0 Å². The van der Waals surface area contributed by atoms with E-state index in [0.29, 0.717) is 19.6 Å². The molecule has 0 unspecified atom stereocenters. The molecule has 0 spiro atoms. The molecule has 0 aromatic rings. The van der Waals surface area contributed by atoms with Gasteiger partial charge in [0.25, 0.3) is 0 Å². The number of aliphatic carboxylic acids is 2. The Labute approximate surface area is 168 Å². The van der Waals surface area contributed by atoms with Gasteiger partial charge in [-0.1, -0.05) is 0 Å². The fourth-order valence-corrected chi connectivity index (χ4v) is 2.79. The zero-order chi connectivity index (χ0) is 21.8. The first-order valence-electron chi connectivity index (χ1n) is 9.38. The molecule has 164 valence electrons. The number of amides is 2. The first kappa shape index (κ1) is 24.5. The minimum atomic E-state index is -1.41. The van der Waals surface area contributed by atoms with E-state index in [1.54, 1.807) is 0 Å². The van der Waals surface area contributed by atoms with E-state index in [-0.39, 0.29) is 12.8 Å². The topological polar surface area (TPSA) is 182 Å². The average molecular weight is 415 g/mol. The van der Waals surface area contributed by atoms with Crippen LogP contribution in [0.2, 0.25) is 0 Å². The Bertz CT molecular complexity index is 593. The first-order chi connectivity index (χ1) is 13.7. The third-order valence-corrected chi connectivity index (χ3v) is 4.57. The standard InChI is InChI=1S/C17H29N5O7/c18-12(16(26)27)1-2-14(24)20-13(17(28)29)11-15(25)19-3-4-21-5-7-22(8-6-21)9-10-23/h10,12-13H,1-9,11,18H2,(H,19,25)(H,20,24)(H,26,27)(H,28,29)/t12-,13-/m0/s1. The average Bonchev–Trinajstić information content (AvgIpc) is 2.67. The zero-order valence-corrected chi connectivity index (χ0v) is 16.2. The van der Waals surface area contributed by atoms with Crippen LogP contribution in [-0.4, -0.2) is 108 Å². The van der Waals surface area contributed by atoms with Gasteiger partial charge < -0.3 is 31.4 Å². The van der Waals surface area contributed by atoms with Gasteiger partial charge >= 0.3 is 11.9 Å². The van der Waals surface area contributed by atoms with E-state index < -0.39 is 42.3 Å². The molecular weight excluding hydrogens is 386 g/mol. The molecule has 29 heavy (non-hydrogen) atoms. The second kappa shape index (κ2) is 12.8. The SMILES string of the molecule is N[C@@H](CCC(=O)N[C@@H](CC(=O)NCCN1CCN(CC=O)CC1)C(=O)O)C(=O)O. The summed E-state index contributed by atoms with van der Waals surface area (Å²) in [6.45, 7) is 4.43. The maximum absolute atomic E-state index is 12.0. The quantitative estimate of drug-likeness (QED) is 0.195. The van der Waals surface area contributed by atoms with E-state index in [0.717, 1.165) is 32.5 Å². The number of nitrogens with one attached hydrogen (secondary N) is 2. The van der Waals surface area contributed by atoms with E-state index in [9.17, 15) is 29.1 Å². The molecule has 2 atom stereocenters. The fraction of sp³-hybridized carbons (Fsp3) is 0.706. The molecule has 12 heteroatoms. The molecular formula is C17H29N5O7. The molecule has 0 aromatic carbocycles. The van der Waals surface area contributed by atoms with E-state index in [1.165, 1.54) is 0 Å². The highest BCUT2D eigenvalue weighted by Crippen LogP contribution is 2.01. The number of carbonyl (C=O) groups excluding carboxylic acids is 3. The van der Waals surface area contributed by atoms with E-state index >= 15 is 0 Å². The van der Waals surface area contributed by atoms with Crippen molar-refractivity contribution >= 4 is 30.0 Å². The smallest absolute Gasteiger partial charge is 0.326 e. The van der Waals surface area contributed by atoms with Crippen LogP contribution in [0.25, 0.3) is 0 Å². The molecule has 1 rings (SSSR count). The molecule has 0 bridgehead atoms. The number of piperazine rings is 1. The van der Waals surface area contributed by atoms with Crippen molar-refractivity contribution in [3.8, 4) is 0 Å². The highest BCUT2D eigenvalue weighted by Gasteiger charge is 2.24. The lowest BCUT2D eigenvalue weighted by molar-refractivity contribution is -0.144. The molecule has 1 aliphatic rings. The Morgan fingerprint density at radius 2 is 1.62 bits per heavy atom.